The Morgan fingerprint density at radius 3 is 2.62 bits per heavy atom. The molecule has 1 spiro atoms. The number of fused-ring (bicyclic) bond motifs is 1. The van der Waals surface area contributed by atoms with Crippen molar-refractivity contribution in [1.29, 1.82) is 5.26 Å². The predicted molar refractivity (Wildman–Crippen MR) is 128 cm³/mol. The molecule has 0 radical (unpaired) electrons. The summed E-state index contributed by atoms with van der Waals surface area (Å²) in [6, 6.07) is 12.4. The number of nitrogens with zero attached hydrogens (tertiary/aromatic N) is 4. The van der Waals surface area contributed by atoms with E-state index in [1.54, 1.807) is 6.07 Å². The fourth-order valence-corrected chi connectivity index (χ4v) is 6.27. The highest BCUT2D eigenvalue weighted by atomic mass is 32.1. The van der Waals surface area contributed by atoms with E-state index in [1.165, 1.54) is 6.33 Å². The highest BCUT2D eigenvalue weighted by Gasteiger charge is 2.49. The number of hydrogen-bond donors (Lipinski definition) is 1. The van der Waals surface area contributed by atoms with Crippen LogP contribution in [0.5, 0.6) is 0 Å². The summed E-state index contributed by atoms with van der Waals surface area (Å²) < 4.78 is 38.5. The van der Waals surface area contributed by atoms with E-state index in [9.17, 15) is 18.4 Å². The van der Waals surface area contributed by atoms with E-state index < -0.39 is 18.0 Å². The molecule has 0 atom stereocenters. The lowest BCUT2D eigenvalue weighted by Crippen LogP contribution is -2.46. The molecule has 1 saturated heterocycles. The smallest absolute Gasteiger partial charge is 0.382 e. The van der Waals surface area contributed by atoms with Crippen LogP contribution in [0.3, 0.4) is 0 Å². The monoisotopic (exact) mass is 485 g/mol. The number of thiophene rings is 1. The first-order valence-electron chi connectivity index (χ1n) is 11.4. The molecule has 5 rings (SSSR count). The second-order valence-corrected chi connectivity index (χ2v) is 11.3. The third-order valence-electron chi connectivity index (χ3n) is 7.09. The van der Waals surface area contributed by atoms with Crippen LogP contribution in [-0.4, -0.2) is 35.3 Å². The van der Waals surface area contributed by atoms with Crippen LogP contribution in [0, 0.1) is 16.7 Å². The lowest BCUT2D eigenvalue weighted by Gasteiger charge is -2.46. The van der Waals surface area contributed by atoms with Crippen LogP contribution in [0.2, 0.25) is 0 Å². The molecule has 2 aromatic heterocycles. The quantitative estimate of drug-likeness (QED) is 0.475. The highest BCUT2D eigenvalue weighted by molar-refractivity contribution is 7.18. The first kappa shape index (κ1) is 22.9. The van der Waals surface area contributed by atoms with Crippen molar-refractivity contribution in [3.05, 3.63) is 47.1 Å². The predicted octanol–water partition coefficient (Wildman–Crippen LogP) is 6.07. The average molecular weight is 486 g/mol. The zero-order valence-corrected chi connectivity index (χ0v) is 19.9. The van der Waals surface area contributed by atoms with Crippen LogP contribution in [0.1, 0.15) is 43.6 Å². The number of halogens is 3. The van der Waals surface area contributed by atoms with Gasteiger partial charge in [-0.2, -0.15) is 18.4 Å². The number of hydrogen-bond acceptors (Lipinski definition) is 6. The molecule has 3 aromatic rings. The van der Waals surface area contributed by atoms with Gasteiger partial charge < -0.3 is 10.2 Å². The van der Waals surface area contributed by atoms with Crippen molar-refractivity contribution in [2.75, 3.05) is 23.3 Å². The van der Waals surface area contributed by atoms with Crippen LogP contribution in [0.4, 0.5) is 24.7 Å². The van der Waals surface area contributed by atoms with Gasteiger partial charge in [0.05, 0.1) is 23.3 Å². The number of alkyl halides is 3. The first-order chi connectivity index (χ1) is 16.1. The largest absolute Gasteiger partial charge is 0.393 e. The maximum absolute atomic E-state index is 12.8. The summed E-state index contributed by atoms with van der Waals surface area (Å²) in [6.07, 6.45) is -0.561. The van der Waals surface area contributed by atoms with Crippen molar-refractivity contribution in [3.63, 3.8) is 0 Å². The topological polar surface area (TPSA) is 64.8 Å². The van der Waals surface area contributed by atoms with E-state index in [2.05, 4.69) is 26.3 Å². The molecular weight excluding hydrogens is 459 g/mol. The molecule has 3 heterocycles. The Morgan fingerprint density at radius 2 is 1.94 bits per heavy atom. The number of nitriles is 1. The molecule has 0 unspecified atom stereocenters. The van der Waals surface area contributed by atoms with E-state index in [-0.39, 0.29) is 10.3 Å². The van der Waals surface area contributed by atoms with Gasteiger partial charge in [-0.3, -0.25) is 0 Å². The molecule has 0 bridgehead atoms. The van der Waals surface area contributed by atoms with Gasteiger partial charge in [0.2, 0.25) is 0 Å². The van der Waals surface area contributed by atoms with Crippen molar-refractivity contribution in [1.82, 2.24) is 9.97 Å². The summed E-state index contributed by atoms with van der Waals surface area (Å²) >= 11 is 1.10. The van der Waals surface area contributed by atoms with Crippen molar-refractivity contribution in [2.45, 2.75) is 57.2 Å². The Labute approximate surface area is 200 Å². The SMILES string of the molecule is CC(C)(C#N)c1ccc(NC2CC3(CCN(c4ncnc5sc(CC(F)(F)F)cc45)C3)C2)cc1. The summed E-state index contributed by atoms with van der Waals surface area (Å²) in [5.41, 5.74) is 1.76. The minimum absolute atomic E-state index is 0.211. The Hall–Kier alpha value is -2.86. The second kappa shape index (κ2) is 8.12. The molecular formula is C25H26F3N5S. The molecule has 1 aliphatic carbocycles. The summed E-state index contributed by atoms with van der Waals surface area (Å²) in [6.45, 7) is 5.53. The third-order valence-corrected chi connectivity index (χ3v) is 8.13. The normalized spacial score (nSPS) is 22.7. The molecule has 9 heteroatoms. The number of benzene rings is 1. The summed E-state index contributed by atoms with van der Waals surface area (Å²) in [4.78, 5) is 11.7. The van der Waals surface area contributed by atoms with Crippen molar-refractivity contribution in [3.8, 4) is 6.07 Å². The molecule has 0 amide bonds. The highest BCUT2D eigenvalue weighted by Crippen LogP contribution is 2.50. The van der Waals surface area contributed by atoms with Gasteiger partial charge >= 0.3 is 6.18 Å². The number of anilines is 2. The van der Waals surface area contributed by atoms with Crippen LogP contribution in [-0.2, 0) is 11.8 Å². The van der Waals surface area contributed by atoms with Gasteiger partial charge in [-0.05, 0) is 62.3 Å². The van der Waals surface area contributed by atoms with E-state index in [0.29, 0.717) is 10.9 Å². The zero-order valence-electron chi connectivity index (χ0n) is 19.1. The molecule has 1 saturated carbocycles. The maximum atomic E-state index is 12.8. The molecule has 1 aromatic carbocycles. The first-order valence-corrected chi connectivity index (χ1v) is 12.2. The van der Waals surface area contributed by atoms with Gasteiger partial charge in [0.15, 0.2) is 0 Å². The summed E-state index contributed by atoms with van der Waals surface area (Å²) in [5.74, 6) is 0.749. The van der Waals surface area contributed by atoms with Gasteiger partial charge in [0.1, 0.15) is 17.0 Å². The molecule has 2 fully saturated rings. The Balaban J connectivity index is 1.23. The molecule has 178 valence electrons. The molecule has 2 aliphatic rings. The van der Waals surface area contributed by atoms with Gasteiger partial charge in [-0.1, -0.05) is 12.1 Å². The summed E-state index contributed by atoms with van der Waals surface area (Å²) in [7, 11) is 0. The van der Waals surface area contributed by atoms with Crippen LogP contribution >= 0.6 is 11.3 Å². The number of aromatic nitrogens is 2. The van der Waals surface area contributed by atoms with Crippen molar-refractivity contribution < 1.29 is 13.2 Å². The number of nitrogens with one attached hydrogen (secondary N) is 1. The van der Waals surface area contributed by atoms with E-state index in [4.69, 9.17) is 0 Å². The van der Waals surface area contributed by atoms with Crippen LogP contribution < -0.4 is 10.2 Å². The molecule has 34 heavy (non-hydrogen) atoms. The van der Waals surface area contributed by atoms with Gasteiger partial charge in [0, 0.05) is 29.7 Å². The molecule has 5 nitrogen and oxygen atoms in total. The minimum atomic E-state index is -4.23. The fraction of sp³-hybridized carbons (Fsp3) is 0.480. The van der Waals surface area contributed by atoms with Crippen molar-refractivity contribution >= 4 is 33.1 Å². The van der Waals surface area contributed by atoms with Crippen LogP contribution in [0.25, 0.3) is 10.2 Å². The standard InChI is InChI=1S/C25H26F3N5S/c1-23(2,13-29)16-3-5-17(6-4-16)32-18-10-24(11-18)7-8-33(14-24)21-20-9-19(12-25(26,27)28)34-22(20)31-15-30-21/h3-6,9,15,18,32H,7-8,10-12,14H2,1-2H3. The van der Waals surface area contributed by atoms with E-state index >= 15 is 0 Å². The molecule has 1 aliphatic heterocycles. The minimum Gasteiger partial charge on any atom is -0.382 e. The Kier molecular flexibility index (Phi) is 5.47. The fourth-order valence-electron chi connectivity index (χ4n) is 5.25. The summed E-state index contributed by atoms with van der Waals surface area (Å²) in [5, 5.41) is 13.6. The van der Waals surface area contributed by atoms with E-state index in [1.807, 2.05) is 38.1 Å². The maximum Gasteiger partial charge on any atom is 0.393 e. The van der Waals surface area contributed by atoms with Gasteiger partial charge in [0.25, 0.3) is 0 Å². The van der Waals surface area contributed by atoms with E-state index in [0.717, 1.165) is 66.1 Å². The third kappa shape index (κ3) is 4.43. The van der Waals surface area contributed by atoms with Crippen LogP contribution in [0.15, 0.2) is 36.7 Å². The lowest BCUT2D eigenvalue weighted by atomic mass is 9.65. The van der Waals surface area contributed by atoms with Gasteiger partial charge in [-0.15, -0.1) is 11.3 Å². The second-order valence-electron chi connectivity index (χ2n) is 10.2. The molecule has 1 N–H and O–H groups in total. The van der Waals surface area contributed by atoms with Crippen molar-refractivity contribution in [2.24, 2.45) is 5.41 Å². The zero-order chi connectivity index (χ0) is 24.1. The Bertz CT molecular complexity index is 1240. The number of rotatable bonds is 5. The average Bonchev–Trinajstić information content (AvgIpc) is 3.36. The Morgan fingerprint density at radius 1 is 1.21 bits per heavy atom. The van der Waals surface area contributed by atoms with Gasteiger partial charge in [-0.25, -0.2) is 9.97 Å². The lowest BCUT2D eigenvalue weighted by molar-refractivity contribution is -0.126.